The van der Waals surface area contributed by atoms with Gasteiger partial charge in [0.2, 0.25) is 10.0 Å². The van der Waals surface area contributed by atoms with Crippen LogP contribution in [0.3, 0.4) is 0 Å². The van der Waals surface area contributed by atoms with E-state index in [0.717, 1.165) is 0 Å². The molecule has 0 aliphatic carbocycles. The van der Waals surface area contributed by atoms with Crippen LogP contribution in [0, 0.1) is 0 Å². The lowest BCUT2D eigenvalue weighted by Gasteiger charge is -1.96. The average Bonchev–Trinajstić information content (AvgIpc) is 1.76. The van der Waals surface area contributed by atoms with Gasteiger partial charge in [-0.25, -0.2) is 13.6 Å². The van der Waals surface area contributed by atoms with Crippen LogP contribution in [-0.4, -0.2) is 32.9 Å². The molecule has 0 aliphatic rings. The van der Waals surface area contributed by atoms with E-state index in [2.05, 4.69) is 5.14 Å². The molecule has 0 saturated heterocycles. The summed E-state index contributed by atoms with van der Waals surface area (Å²) in [7, 11) is -7.50. The molecular formula is C4H11NO5S2. The molecule has 0 radical (unpaired) electrons. The molecule has 3 N–H and O–H groups in total. The number of nitrogens with two attached hydrogens (primary N) is 1. The molecule has 0 unspecified atom stereocenters. The van der Waals surface area contributed by atoms with E-state index in [1.54, 1.807) is 0 Å². The molecule has 0 heterocycles. The van der Waals surface area contributed by atoms with Crippen LogP contribution in [0.5, 0.6) is 0 Å². The average molecular weight is 217 g/mol. The smallest absolute Gasteiger partial charge is 0.264 e. The lowest BCUT2D eigenvalue weighted by Crippen LogP contribution is -2.17. The molecule has 0 atom stereocenters. The van der Waals surface area contributed by atoms with Crippen molar-refractivity contribution in [2.24, 2.45) is 5.14 Å². The van der Waals surface area contributed by atoms with E-state index in [4.69, 9.17) is 4.55 Å². The Morgan fingerprint density at radius 3 is 1.75 bits per heavy atom. The Bertz CT molecular complexity index is 281. The summed E-state index contributed by atoms with van der Waals surface area (Å²) in [6, 6.07) is 0. The summed E-state index contributed by atoms with van der Waals surface area (Å²) >= 11 is 0. The highest BCUT2D eigenvalue weighted by atomic mass is 32.2. The molecule has 0 aromatic heterocycles. The van der Waals surface area contributed by atoms with Crippen molar-refractivity contribution in [2.75, 3.05) is 11.5 Å². The van der Waals surface area contributed by atoms with Crippen molar-refractivity contribution >= 4 is 20.1 Å². The van der Waals surface area contributed by atoms with E-state index in [1.165, 1.54) is 0 Å². The Hall–Kier alpha value is -0.180. The minimum absolute atomic E-state index is 0.0925. The van der Waals surface area contributed by atoms with Crippen LogP contribution in [0.15, 0.2) is 0 Å². The van der Waals surface area contributed by atoms with Gasteiger partial charge in [-0.1, -0.05) is 0 Å². The van der Waals surface area contributed by atoms with Crippen LogP contribution in [0.4, 0.5) is 0 Å². The molecular weight excluding hydrogens is 206 g/mol. The van der Waals surface area contributed by atoms with Gasteiger partial charge >= 0.3 is 0 Å². The lowest BCUT2D eigenvalue weighted by atomic mass is 10.4. The van der Waals surface area contributed by atoms with E-state index in [0.29, 0.717) is 0 Å². The van der Waals surface area contributed by atoms with Gasteiger partial charge in [0.15, 0.2) is 0 Å². The topological polar surface area (TPSA) is 115 Å². The molecule has 74 valence electrons. The second-order valence-electron chi connectivity index (χ2n) is 2.36. The Morgan fingerprint density at radius 2 is 1.42 bits per heavy atom. The van der Waals surface area contributed by atoms with E-state index in [1.807, 2.05) is 0 Å². The number of sulfonamides is 1. The number of rotatable bonds is 5. The van der Waals surface area contributed by atoms with Crippen molar-refractivity contribution in [3.05, 3.63) is 0 Å². The van der Waals surface area contributed by atoms with E-state index in [9.17, 15) is 16.8 Å². The van der Waals surface area contributed by atoms with Crippen molar-refractivity contribution in [1.29, 1.82) is 0 Å². The third-order valence-corrected chi connectivity index (χ3v) is 2.74. The van der Waals surface area contributed by atoms with Gasteiger partial charge in [-0.3, -0.25) is 4.55 Å². The van der Waals surface area contributed by atoms with Gasteiger partial charge in [-0.05, 0) is 12.8 Å². The fourth-order valence-electron chi connectivity index (χ4n) is 0.588. The van der Waals surface area contributed by atoms with Gasteiger partial charge in [0.05, 0.1) is 11.5 Å². The normalized spacial score (nSPS) is 13.2. The molecule has 0 fully saturated rings. The van der Waals surface area contributed by atoms with Crippen LogP contribution >= 0.6 is 0 Å². The number of hydrogen-bond acceptors (Lipinski definition) is 4. The maximum Gasteiger partial charge on any atom is 0.264 e. The second kappa shape index (κ2) is 4.17. The molecule has 0 amide bonds. The Kier molecular flexibility index (Phi) is 4.11. The monoisotopic (exact) mass is 217 g/mol. The predicted molar refractivity (Wildman–Crippen MR) is 43.6 cm³/mol. The summed E-state index contributed by atoms with van der Waals surface area (Å²) in [5.74, 6) is -0.689. The lowest BCUT2D eigenvalue weighted by molar-refractivity contribution is 0.480. The number of hydrogen-bond donors (Lipinski definition) is 2. The maximum atomic E-state index is 10.3. The van der Waals surface area contributed by atoms with Crippen LogP contribution in [0.2, 0.25) is 0 Å². The molecule has 0 aliphatic heterocycles. The molecule has 6 nitrogen and oxygen atoms in total. The van der Waals surface area contributed by atoms with E-state index >= 15 is 0 Å². The van der Waals surface area contributed by atoms with Crippen molar-refractivity contribution in [3.8, 4) is 0 Å². The number of unbranched alkanes of at least 4 members (excludes halogenated alkanes) is 1. The summed E-state index contributed by atoms with van der Waals surface area (Å²) in [6.45, 7) is 0. The molecule has 0 saturated carbocycles. The maximum absolute atomic E-state index is 10.3. The third-order valence-electron chi connectivity index (χ3n) is 1.08. The first-order valence-corrected chi connectivity index (χ1v) is 6.49. The quantitative estimate of drug-likeness (QED) is 0.450. The van der Waals surface area contributed by atoms with Gasteiger partial charge in [0.1, 0.15) is 0 Å². The summed E-state index contributed by atoms with van der Waals surface area (Å²) in [5.41, 5.74) is 0. The summed E-state index contributed by atoms with van der Waals surface area (Å²) < 4.78 is 49.1. The van der Waals surface area contributed by atoms with E-state index < -0.39 is 25.9 Å². The van der Waals surface area contributed by atoms with Crippen molar-refractivity contribution < 1.29 is 21.4 Å². The highest BCUT2D eigenvalue weighted by Crippen LogP contribution is 1.95. The van der Waals surface area contributed by atoms with Gasteiger partial charge in [0.25, 0.3) is 10.1 Å². The van der Waals surface area contributed by atoms with Crippen LogP contribution < -0.4 is 5.14 Å². The zero-order valence-electron chi connectivity index (χ0n) is 6.30. The van der Waals surface area contributed by atoms with Crippen molar-refractivity contribution in [1.82, 2.24) is 0 Å². The van der Waals surface area contributed by atoms with Crippen molar-refractivity contribution in [3.63, 3.8) is 0 Å². The van der Waals surface area contributed by atoms with Crippen LogP contribution in [0.1, 0.15) is 12.8 Å². The Labute approximate surface area is 71.6 Å². The molecule has 12 heavy (non-hydrogen) atoms. The number of primary sulfonamides is 1. The summed E-state index contributed by atoms with van der Waals surface area (Å²) in [5, 5.41) is 4.65. The van der Waals surface area contributed by atoms with Crippen LogP contribution in [-0.2, 0) is 20.1 Å². The molecule has 0 bridgehead atoms. The molecule has 0 spiro atoms. The van der Waals surface area contributed by atoms with Gasteiger partial charge in [-0.2, -0.15) is 8.42 Å². The highest BCUT2D eigenvalue weighted by Gasteiger charge is 2.06. The molecule has 0 rings (SSSR count). The first-order chi connectivity index (χ1) is 5.21. The Balaban J connectivity index is 3.62. The van der Waals surface area contributed by atoms with Gasteiger partial charge in [0, 0.05) is 0 Å². The molecule has 0 aromatic carbocycles. The standard InChI is InChI=1S/C4H11NO5S2/c5-11(6,7)3-1-2-4-12(8,9)10/h1-4H2,(H2,5,6,7)(H,8,9,10). The SMILES string of the molecule is NS(=O)(=O)CCCCS(=O)(=O)O. The van der Waals surface area contributed by atoms with Crippen molar-refractivity contribution in [2.45, 2.75) is 12.8 Å². The minimum Gasteiger partial charge on any atom is -0.286 e. The fraction of sp³-hybridized carbons (Fsp3) is 1.00. The Morgan fingerprint density at radius 1 is 1.00 bits per heavy atom. The third kappa shape index (κ3) is 9.82. The minimum atomic E-state index is -3.98. The zero-order chi connectivity index (χ0) is 9.83. The van der Waals surface area contributed by atoms with Gasteiger partial charge < -0.3 is 0 Å². The first-order valence-electron chi connectivity index (χ1n) is 3.16. The predicted octanol–water partition coefficient (Wildman–Crippen LogP) is -1.06. The fourth-order valence-corrected chi connectivity index (χ4v) is 1.76. The highest BCUT2D eigenvalue weighted by molar-refractivity contribution is 7.89. The van der Waals surface area contributed by atoms with Crippen LogP contribution in [0.25, 0.3) is 0 Å². The second-order valence-corrected chi connectivity index (χ2v) is 5.67. The largest absolute Gasteiger partial charge is 0.286 e. The van der Waals surface area contributed by atoms with E-state index in [-0.39, 0.29) is 18.6 Å². The first kappa shape index (κ1) is 11.8. The summed E-state index contributed by atoms with van der Waals surface area (Å²) in [4.78, 5) is 0. The molecule has 0 aromatic rings. The summed E-state index contributed by atoms with van der Waals surface area (Å²) in [6.07, 6.45) is 0.230. The zero-order valence-corrected chi connectivity index (χ0v) is 7.94. The molecule has 8 heteroatoms. The van der Waals surface area contributed by atoms with Gasteiger partial charge in [-0.15, -0.1) is 0 Å².